The van der Waals surface area contributed by atoms with Crippen molar-refractivity contribution < 1.29 is 4.74 Å². The van der Waals surface area contributed by atoms with Crippen molar-refractivity contribution in [2.24, 2.45) is 5.92 Å². The van der Waals surface area contributed by atoms with Crippen LogP contribution in [0, 0.1) is 5.92 Å². The van der Waals surface area contributed by atoms with Crippen molar-refractivity contribution in [1.82, 2.24) is 10.2 Å². The molecule has 2 atom stereocenters. The third kappa shape index (κ3) is 2.63. The lowest BCUT2D eigenvalue weighted by Crippen LogP contribution is -2.33. The Morgan fingerprint density at radius 2 is 2.32 bits per heavy atom. The molecule has 1 saturated heterocycles. The van der Waals surface area contributed by atoms with Crippen LogP contribution in [0.1, 0.15) is 30.0 Å². The van der Waals surface area contributed by atoms with Crippen molar-refractivity contribution in [2.75, 3.05) is 33.8 Å². The molecule has 0 aliphatic carbocycles. The molecule has 0 aromatic heterocycles. The quantitative estimate of drug-likeness (QED) is 0.902. The Bertz CT molecular complexity index is 440. The summed E-state index contributed by atoms with van der Waals surface area (Å²) in [6.07, 6.45) is 3.75. The zero-order valence-corrected chi connectivity index (χ0v) is 12.0. The molecule has 1 N–H and O–H groups in total. The van der Waals surface area contributed by atoms with E-state index < -0.39 is 0 Å². The topological polar surface area (TPSA) is 24.5 Å². The number of ether oxygens (including phenoxy) is 1. The van der Waals surface area contributed by atoms with Gasteiger partial charge in [-0.1, -0.05) is 6.07 Å². The number of benzene rings is 1. The molecular weight excluding hydrogens is 236 g/mol. The Morgan fingerprint density at radius 1 is 1.42 bits per heavy atom. The van der Waals surface area contributed by atoms with E-state index in [9.17, 15) is 0 Å². The first-order valence-corrected chi connectivity index (χ1v) is 7.35. The van der Waals surface area contributed by atoms with E-state index in [-0.39, 0.29) is 0 Å². The maximum absolute atomic E-state index is 5.40. The Kier molecular flexibility index (Phi) is 3.76. The number of fused-ring (bicyclic) bond motifs is 1. The highest BCUT2D eigenvalue weighted by atomic mass is 16.5. The van der Waals surface area contributed by atoms with Gasteiger partial charge in [-0.25, -0.2) is 0 Å². The fraction of sp³-hybridized carbons (Fsp3) is 0.625. The molecule has 1 aromatic rings. The van der Waals surface area contributed by atoms with Crippen LogP contribution in [0.5, 0.6) is 5.75 Å². The summed E-state index contributed by atoms with van der Waals surface area (Å²) < 4.78 is 5.40. The van der Waals surface area contributed by atoms with E-state index in [1.807, 2.05) is 0 Å². The molecular formula is C16H24N2O. The molecule has 2 heterocycles. The Morgan fingerprint density at radius 3 is 3.05 bits per heavy atom. The van der Waals surface area contributed by atoms with E-state index in [2.05, 4.69) is 35.5 Å². The summed E-state index contributed by atoms with van der Waals surface area (Å²) in [5, 5.41) is 3.48. The highest BCUT2D eigenvalue weighted by molar-refractivity contribution is 5.39. The zero-order valence-electron chi connectivity index (χ0n) is 12.0. The molecule has 2 unspecified atom stereocenters. The van der Waals surface area contributed by atoms with Crippen LogP contribution in [0.15, 0.2) is 18.2 Å². The van der Waals surface area contributed by atoms with Gasteiger partial charge in [-0.05, 0) is 68.6 Å². The van der Waals surface area contributed by atoms with Crippen molar-refractivity contribution in [2.45, 2.75) is 25.3 Å². The van der Waals surface area contributed by atoms with Gasteiger partial charge in [0.25, 0.3) is 0 Å². The molecule has 0 bridgehead atoms. The van der Waals surface area contributed by atoms with Gasteiger partial charge in [0.2, 0.25) is 0 Å². The average molecular weight is 260 g/mol. The molecule has 0 amide bonds. The highest BCUT2D eigenvalue weighted by Crippen LogP contribution is 2.36. The van der Waals surface area contributed by atoms with Crippen molar-refractivity contribution in [1.29, 1.82) is 0 Å². The first-order chi connectivity index (χ1) is 9.28. The van der Waals surface area contributed by atoms with Crippen LogP contribution in [0.25, 0.3) is 0 Å². The molecule has 2 aliphatic rings. The van der Waals surface area contributed by atoms with E-state index in [1.54, 1.807) is 7.11 Å². The largest absolute Gasteiger partial charge is 0.497 e. The van der Waals surface area contributed by atoms with Crippen molar-refractivity contribution in [3.8, 4) is 5.75 Å². The van der Waals surface area contributed by atoms with Gasteiger partial charge >= 0.3 is 0 Å². The van der Waals surface area contributed by atoms with Crippen molar-refractivity contribution in [3.05, 3.63) is 29.3 Å². The SMILES string of the molecule is COc1ccc2c(c1)C(CC1CCNC1)N(C)CC2. The van der Waals surface area contributed by atoms with Gasteiger partial charge in [0, 0.05) is 12.6 Å². The fourth-order valence-electron chi connectivity index (χ4n) is 3.47. The standard InChI is InChI=1S/C16H24N2O/c1-18-8-6-13-3-4-14(19-2)10-15(13)16(18)9-12-5-7-17-11-12/h3-4,10,12,16-17H,5-9,11H2,1-2H3. The summed E-state index contributed by atoms with van der Waals surface area (Å²) >= 11 is 0. The number of nitrogens with one attached hydrogen (secondary N) is 1. The minimum absolute atomic E-state index is 0.559. The monoisotopic (exact) mass is 260 g/mol. The molecule has 0 spiro atoms. The minimum Gasteiger partial charge on any atom is -0.497 e. The molecule has 0 saturated carbocycles. The van der Waals surface area contributed by atoms with E-state index in [1.165, 1.54) is 43.6 Å². The van der Waals surface area contributed by atoms with Crippen LogP contribution in [0.4, 0.5) is 0 Å². The maximum atomic E-state index is 5.40. The summed E-state index contributed by atoms with van der Waals surface area (Å²) in [6, 6.07) is 7.15. The summed E-state index contributed by atoms with van der Waals surface area (Å²) in [5.74, 6) is 1.81. The van der Waals surface area contributed by atoms with E-state index >= 15 is 0 Å². The zero-order chi connectivity index (χ0) is 13.2. The summed E-state index contributed by atoms with van der Waals surface area (Å²) in [5.41, 5.74) is 3.00. The Balaban J connectivity index is 1.86. The first-order valence-electron chi connectivity index (χ1n) is 7.35. The molecule has 1 aromatic carbocycles. The summed E-state index contributed by atoms with van der Waals surface area (Å²) in [7, 11) is 4.01. The lowest BCUT2D eigenvalue weighted by molar-refractivity contribution is 0.198. The third-order valence-corrected chi connectivity index (χ3v) is 4.70. The van der Waals surface area contributed by atoms with Gasteiger partial charge in [0.05, 0.1) is 7.11 Å². The third-order valence-electron chi connectivity index (χ3n) is 4.70. The van der Waals surface area contributed by atoms with Crippen LogP contribution >= 0.6 is 0 Å². The lowest BCUT2D eigenvalue weighted by Gasteiger charge is -2.36. The van der Waals surface area contributed by atoms with E-state index in [4.69, 9.17) is 4.74 Å². The number of nitrogens with zero attached hydrogens (tertiary/aromatic N) is 1. The maximum Gasteiger partial charge on any atom is 0.119 e. The molecule has 3 heteroatoms. The second-order valence-electron chi connectivity index (χ2n) is 5.91. The molecule has 0 radical (unpaired) electrons. The van der Waals surface area contributed by atoms with Crippen LogP contribution in [-0.2, 0) is 6.42 Å². The Labute approximate surface area is 115 Å². The fourth-order valence-corrected chi connectivity index (χ4v) is 3.47. The second kappa shape index (κ2) is 5.51. The van der Waals surface area contributed by atoms with Crippen LogP contribution in [0.2, 0.25) is 0 Å². The summed E-state index contributed by atoms with van der Waals surface area (Å²) in [6.45, 7) is 3.54. The van der Waals surface area contributed by atoms with Crippen LogP contribution in [0.3, 0.4) is 0 Å². The minimum atomic E-state index is 0.559. The predicted octanol–water partition coefficient (Wildman–Crippen LogP) is 2.22. The van der Waals surface area contributed by atoms with Gasteiger partial charge in [-0.15, -0.1) is 0 Å². The highest BCUT2D eigenvalue weighted by Gasteiger charge is 2.28. The average Bonchev–Trinajstić information content (AvgIpc) is 2.94. The normalized spacial score (nSPS) is 27.3. The first kappa shape index (κ1) is 12.9. The lowest BCUT2D eigenvalue weighted by atomic mass is 9.86. The molecule has 1 fully saturated rings. The van der Waals surface area contributed by atoms with Crippen molar-refractivity contribution >= 4 is 0 Å². The van der Waals surface area contributed by atoms with E-state index in [0.29, 0.717) is 6.04 Å². The molecule has 3 rings (SSSR count). The molecule has 2 aliphatic heterocycles. The van der Waals surface area contributed by atoms with Gasteiger partial charge in [0.1, 0.15) is 5.75 Å². The number of rotatable bonds is 3. The molecule has 104 valence electrons. The van der Waals surface area contributed by atoms with Crippen LogP contribution in [-0.4, -0.2) is 38.7 Å². The molecule has 19 heavy (non-hydrogen) atoms. The number of likely N-dealkylation sites (N-methyl/N-ethyl adjacent to an activating group) is 1. The number of hydrogen-bond acceptors (Lipinski definition) is 3. The molecule has 3 nitrogen and oxygen atoms in total. The second-order valence-corrected chi connectivity index (χ2v) is 5.91. The van der Waals surface area contributed by atoms with Gasteiger partial charge in [-0.2, -0.15) is 0 Å². The van der Waals surface area contributed by atoms with Crippen molar-refractivity contribution in [3.63, 3.8) is 0 Å². The van der Waals surface area contributed by atoms with Gasteiger partial charge < -0.3 is 10.1 Å². The van der Waals surface area contributed by atoms with Gasteiger partial charge in [0.15, 0.2) is 0 Å². The summed E-state index contributed by atoms with van der Waals surface area (Å²) in [4.78, 5) is 2.51. The van der Waals surface area contributed by atoms with Crippen LogP contribution < -0.4 is 10.1 Å². The Hall–Kier alpha value is -1.06. The smallest absolute Gasteiger partial charge is 0.119 e. The predicted molar refractivity (Wildman–Crippen MR) is 77.7 cm³/mol. The number of hydrogen-bond donors (Lipinski definition) is 1. The van der Waals surface area contributed by atoms with E-state index in [0.717, 1.165) is 18.1 Å². The van der Waals surface area contributed by atoms with Gasteiger partial charge in [-0.3, -0.25) is 4.90 Å². The number of methoxy groups -OCH3 is 1.